The van der Waals surface area contributed by atoms with E-state index in [4.69, 9.17) is 23.2 Å². The first kappa shape index (κ1) is 24.9. The molecule has 4 aromatic carbocycles. The normalized spacial score (nSPS) is 11.5. The van der Waals surface area contributed by atoms with Crippen LogP contribution in [0.15, 0.2) is 108 Å². The summed E-state index contributed by atoms with van der Waals surface area (Å²) < 4.78 is 0. The standard InChI is InChI=1S/C28H22Cl2N2O2S/c29-21-14-12-19(13-15-21)16-26(33)31-24-10-5-11-25(18-24)35-27(20-6-2-1-3-7-20)28(34)32-23-9-4-8-22(30)17-23/h1-15,17-18,27H,16H2,(H,31,33)(H,32,34). The van der Waals surface area contributed by atoms with Gasteiger partial charge in [-0.2, -0.15) is 0 Å². The van der Waals surface area contributed by atoms with Crippen LogP contribution in [0.2, 0.25) is 10.0 Å². The number of carbonyl (C=O) groups is 2. The maximum absolute atomic E-state index is 13.3. The van der Waals surface area contributed by atoms with Gasteiger partial charge in [-0.3, -0.25) is 9.59 Å². The number of hydrogen-bond donors (Lipinski definition) is 2. The highest BCUT2D eigenvalue weighted by atomic mass is 35.5. The summed E-state index contributed by atoms with van der Waals surface area (Å²) >= 11 is 13.4. The number of benzene rings is 4. The molecule has 1 unspecified atom stereocenters. The SMILES string of the molecule is O=C(Cc1ccc(Cl)cc1)Nc1cccc(SC(C(=O)Nc2cccc(Cl)c2)c2ccccc2)c1. The van der Waals surface area contributed by atoms with Gasteiger partial charge in [-0.1, -0.05) is 77.8 Å². The molecule has 176 valence electrons. The van der Waals surface area contributed by atoms with E-state index in [0.29, 0.717) is 21.4 Å². The van der Waals surface area contributed by atoms with Crippen LogP contribution in [0.4, 0.5) is 11.4 Å². The van der Waals surface area contributed by atoms with E-state index >= 15 is 0 Å². The van der Waals surface area contributed by atoms with E-state index < -0.39 is 5.25 Å². The molecular weight excluding hydrogens is 499 g/mol. The van der Waals surface area contributed by atoms with Crippen molar-refractivity contribution in [3.8, 4) is 0 Å². The first-order valence-corrected chi connectivity index (χ1v) is 12.5. The number of thioether (sulfide) groups is 1. The fourth-order valence-electron chi connectivity index (χ4n) is 3.45. The zero-order chi connectivity index (χ0) is 24.6. The Morgan fingerprint density at radius 2 is 1.40 bits per heavy atom. The number of amides is 2. The van der Waals surface area contributed by atoms with Gasteiger partial charge >= 0.3 is 0 Å². The molecule has 0 aliphatic carbocycles. The molecule has 0 spiro atoms. The minimum Gasteiger partial charge on any atom is -0.326 e. The van der Waals surface area contributed by atoms with Crippen molar-refractivity contribution in [1.29, 1.82) is 0 Å². The number of rotatable bonds is 8. The van der Waals surface area contributed by atoms with Crippen LogP contribution in [0, 0.1) is 0 Å². The average molecular weight is 521 g/mol. The van der Waals surface area contributed by atoms with Gasteiger partial charge in [-0.05, 0) is 59.7 Å². The number of anilines is 2. The molecule has 0 heterocycles. The predicted octanol–water partition coefficient (Wildman–Crippen LogP) is 7.65. The topological polar surface area (TPSA) is 58.2 Å². The summed E-state index contributed by atoms with van der Waals surface area (Å²) in [6.07, 6.45) is 0.239. The maximum Gasteiger partial charge on any atom is 0.242 e. The van der Waals surface area contributed by atoms with Crippen LogP contribution in [0.25, 0.3) is 0 Å². The molecule has 4 aromatic rings. The Bertz CT molecular complexity index is 1310. The number of carbonyl (C=O) groups excluding carboxylic acids is 2. The molecule has 1 atom stereocenters. The van der Waals surface area contributed by atoms with Crippen LogP contribution in [-0.4, -0.2) is 11.8 Å². The van der Waals surface area contributed by atoms with E-state index in [1.807, 2.05) is 66.7 Å². The summed E-state index contributed by atoms with van der Waals surface area (Å²) in [5.74, 6) is -0.298. The second-order valence-corrected chi connectivity index (χ2v) is 9.84. The molecular formula is C28H22Cl2N2O2S. The second kappa shape index (κ2) is 11.9. The lowest BCUT2D eigenvalue weighted by Crippen LogP contribution is -2.19. The minimum atomic E-state index is -0.504. The Morgan fingerprint density at radius 1 is 0.714 bits per heavy atom. The molecule has 4 rings (SSSR count). The second-order valence-electron chi connectivity index (χ2n) is 7.79. The highest BCUT2D eigenvalue weighted by Gasteiger charge is 2.22. The van der Waals surface area contributed by atoms with Crippen LogP contribution in [0.5, 0.6) is 0 Å². The number of hydrogen-bond acceptors (Lipinski definition) is 3. The van der Waals surface area contributed by atoms with Crippen LogP contribution in [0.1, 0.15) is 16.4 Å². The van der Waals surface area contributed by atoms with Crippen LogP contribution in [-0.2, 0) is 16.0 Å². The number of halogens is 2. The van der Waals surface area contributed by atoms with E-state index in [9.17, 15) is 9.59 Å². The Kier molecular flexibility index (Phi) is 8.48. The van der Waals surface area contributed by atoms with Crippen molar-refractivity contribution in [2.24, 2.45) is 0 Å². The molecule has 0 aliphatic heterocycles. The first-order chi connectivity index (χ1) is 17.0. The molecule has 0 saturated carbocycles. The van der Waals surface area contributed by atoms with E-state index in [-0.39, 0.29) is 18.2 Å². The van der Waals surface area contributed by atoms with Gasteiger partial charge in [0.2, 0.25) is 11.8 Å². The van der Waals surface area contributed by atoms with Crippen LogP contribution >= 0.6 is 35.0 Å². The summed E-state index contributed by atoms with van der Waals surface area (Å²) in [5.41, 5.74) is 3.04. The summed E-state index contributed by atoms with van der Waals surface area (Å²) in [6, 6.07) is 31.3. The third kappa shape index (κ3) is 7.36. The molecule has 35 heavy (non-hydrogen) atoms. The first-order valence-electron chi connectivity index (χ1n) is 10.9. The third-order valence-corrected chi connectivity index (χ3v) is 6.82. The predicted molar refractivity (Wildman–Crippen MR) is 145 cm³/mol. The lowest BCUT2D eigenvalue weighted by Gasteiger charge is -2.18. The van der Waals surface area contributed by atoms with Crippen molar-refractivity contribution >= 4 is 58.2 Å². The van der Waals surface area contributed by atoms with Crippen molar-refractivity contribution < 1.29 is 9.59 Å². The zero-order valence-corrected chi connectivity index (χ0v) is 20.9. The van der Waals surface area contributed by atoms with Crippen molar-refractivity contribution in [3.63, 3.8) is 0 Å². The highest BCUT2D eigenvalue weighted by Crippen LogP contribution is 2.37. The third-order valence-electron chi connectivity index (χ3n) is 5.08. The summed E-state index contributed by atoms with van der Waals surface area (Å²) in [5, 5.41) is 6.57. The van der Waals surface area contributed by atoms with Crippen molar-refractivity contribution in [1.82, 2.24) is 0 Å². The zero-order valence-electron chi connectivity index (χ0n) is 18.6. The summed E-state index contributed by atoms with van der Waals surface area (Å²) in [7, 11) is 0. The Hall–Kier alpha value is -3.25. The van der Waals surface area contributed by atoms with Crippen molar-refractivity contribution in [3.05, 3.63) is 124 Å². The largest absolute Gasteiger partial charge is 0.326 e. The smallest absolute Gasteiger partial charge is 0.242 e. The Labute approximate surface area is 218 Å². The highest BCUT2D eigenvalue weighted by molar-refractivity contribution is 8.00. The lowest BCUT2D eigenvalue weighted by atomic mass is 10.1. The van der Waals surface area contributed by atoms with E-state index in [2.05, 4.69) is 10.6 Å². The van der Waals surface area contributed by atoms with Crippen molar-refractivity contribution in [2.45, 2.75) is 16.6 Å². The monoisotopic (exact) mass is 520 g/mol. The minimum absolute atomic E-state index is 0.132. The molecule has 0 aromatic heterocycles. The molecule has 0 fully saturated rings. The van der Waals surface area contributed by atoms with Gasteiger partial charge in [0, 0.05) is 26.3 Å². The van der Waals surface area contributed by atoms with E-state index in [1.165, 1.54) is 11.8 Å². The van der Waals surface area contributed by atoms with Crippen molar-refractivity contribution in [2.75, 3.05) is 10.6 Å². The lowest BCUT2D eigenvalue weighted by molar-refractivity contribution is -0.116. The molecule has 0 bridgehead atoms. The van der Waals surface area contributed by atoms with Gasteiger partial charge in [0.25, 0.3) is 0 Å². The fraction of sp³-hybridized carbons (Fsp3) is 0.0714. The molecule has 4 nitrogen and oxygen atoms in total. The average Bonchev–Trinajstić information content (AvgIpc) is 2.85. The van der Waals surface area contributed by atoms with E-state index in [0.717, 1.165) is 16.0 Å². The van der Waals surface area contributed by atoms with Gasteiger partial charge in [-0.25, -0.2) is 0 Å². The van der Waals surface area contributed by atoms with Gasteiger partial charge in [0.05, 0.1) is 6.42 Å². The quantitative estimate of drug-likeness (QED) is 0.234. The Balaban J connectivity index is 1.49. The number of nitrogens with one attached hydrogen (secondary N) is 2. The maximum atomic E-state index is 13.3. The van der Waals surface area contributed by atoms with E-state index in [1.54, 1.807) is 36.4 Å². The van der Waals surface area contributed by atoms with Gasteiger partial charge < -0.3 is 10.6 Å². The van der Waals surface area contributed by atoms with Gasteiger partial charge in [0.1, 0.15) is 5.25 Å². The molecule has 0 saturated heterocycles. The van der Waals surface area contributed by atoms with Crippen LogP contribution in [0.3, 0.4) is 0 Å². The fourth-order valence-corrected chi connectivity index (χ4v) is 4.85. The molecule has 7 heteroatoms. The molecule has 2 N–H and O–H groups in total. The summed E-state index contributed by atoms with van der Waals surface area (Å²) in [4.78, 5) is 26.7. The van der Waals surface area contributed by atoms with Gasteiger partial charge in [-0.15, -0.1) is 11.8 Å². The molecule has 2 amide bonds. The van der Waals surface area contributed by atoms with Gasteiger partial charge in [0.15, 0.2) is 0 Å². The molecule has 0 aliphatic rings. The summed E-state index contributed by atoms with van der Waals surface area (Å²) in [6.45, 7) is 0. The van der Waals surface area contributed by atoms with Crippen LogP contribution < -0.4 is 10.6 Å². The molecule has 0 radical (unpaired) electrons. The Morgan fingerprint density at radius 3 is 2.11 bits per heavy atom.